The molecule has 1 aliphatic heterocycles. The molecule has 2 aliphatic rings. The van der Waals surface area contributed by atoms with E-state index in [2.05, 4.69) is 38.6 Å². The minimum Gasteiger partial charge on any atom is -0.377 e. The van der Waals surface area contributed by atoms with E-state index in [4.69, 9.17) is 4.74 Å². The molecule has 2 aromatic heterocycles. The summed E-state index contributed by atoms with van der Waals surface area (Å²) in [5.74, 6) is 0. The van der Waals surface area contributed by atoms with Gasteiger partial charge < -0.3 is 9.64 Å². The van der Waals surface area contributed by atoms with Gasteiger partial charge in [0.05, 0.1) is 12.7 Å². The lowest BCUT2D eigenvalue weighted by molar-refractivity contribution is 0.0153. The smallest absolute Gasteiger partial charge is 0.0597 e. The Labute approximate surface area is 165 Å². The third-order valence-electron chi connectivity index (χ3n) is 5.75. The predicted octanol–water partition coefficient (Wildman–Crippen LogP) is 6.06. The Balaban J connectivity index is 1.33. The van der Waals surface area contributed by atoms with Gasteiger partial charge in [0, 0.05) is 19.6 Å². The maximum Gasteiger partial charge on any atom is 0.0597 e. The van der Waals surface area contributed by atoms with Crippen molar-refractivity contribution >= 4 is 28.2 Å². The topological polar surface area (TPSA) is 12.5 Å². The van der Waals surface area contributed by atoms with E-state index in [1.165, 1.54) is 74.7 Å². The minimum atomic E-state index is 0.535. The van der Waals surface area contributed by atoms with Crippen molar-refractivity contribution in [3.8, 4) is 0 Å². The quantitative estimate of drug-likeness (QED) is 0.597. The molecule has 26 heavy (non-hydrogen) atoms. The molecule has 3 heterocycles. The Hall–Kier alpha value is -0.940. The highest BCUT2D eigenvalue weighted by Crippen LogP contribution is 2.34. The van der Waals surface area contributed by atoms with E-state index in [0.29, 0.717) is 6.10 Å². The lowest BCUT2D eigenvalue weighted by Crippen LogP contribution is -2.34. The molecule has 1 saturated carbocycles. The van der Waals surface area contributed by atoms with Crippen LogP contribution in [0, 0.1) is 0 Å². The molecule has 1 saturated heterocycles. The molecule has 0 spiro atoms. The predicted molar refractivity (Wildman–Crippen MR) is 113 cm³/mol. The number of thiophene rings is 2. The highest BCUT2D eigenvalue weighted by molar-refractivity contribution is 7.08. The standard InChI is InChI=1S/C22H29NOS2/c1-2-4-21(5-3-1)24-13-12-23-10-6-18(7-11-23)22(19-8-14-25-16-19)20-9-15-26-17-20/h8-9,14-17,21H,1-7,10-13H2. The fourth-order valence-corrected chi connectivity index (χ4v) is 5.56. The summed E-state index contributed by atoms with van der Waals surface area (Å²) in [5.41, 5.74) is 5.92. The fraction of sp³-hybridized carbons (Fsp3) is 0.545. The molecule has 0 N–H and O–H groups in total. The Bertz CT molecular complexity index is 638. The number of rotatable bonds is 6. The van der Waals surface area contributed by atoms with Gasteiger partial charge in [0.2, 0.25) is 0 Å². The lowest BCUT2D eigenvalue weighted by atomic mass is 9.91. The van der Waals surface area contributed by atoms with Crippen LogP contribution in [0.15, 0.2) is 39.2 Å². The van der Waals surface area contributed by atoms with Crippen molar-refractivity contribution in [1.82, 2.24) is 4.90 Å². The Kier molecular flexibility index (Phi) is 6.60. The summed E-state index contributed by atoms with van der Waals surface area (Å²) in [6.45, 7) is 4.34. The van der Waals surface area contributed by atoms with Gasteiger partial charge >= 0.3 is 0 Å². The number of ether oxygens (including phenoxy) is 1. The molecule has 2 nitrogen and oxygen atoms in total. The summed E-state index contributed by atoms with van der Waals surface area (Å²) in [6.07, 6.45) is 9.57. The Morgan fingerprint density at radius 3 is 2.19 bits per heavy atom. The third-order valence-corrected chi connectivity index (χ3v) is 7.11. The van der Waals surface area contributed by atoms with Gasteiger partial charge in [-0.05, 0) is 76.0 Å². The van der Waals surface area contributed by atoms with Gasteiger partial charge in [-0.25, -0.2) is 0 Å². The van der Waals surface area contributed by atoms with Crippen molar-refractivity contribution in [2.24, 2.45) is 0 Å². The van der Waals surface area contributed by atoms with Crippen LogP contribution >= 0.6 is 22.7 Å². The Morgan fingerprint density at radius 1 is 0.962 bits per heavy atom. The van der Waals surface area contributed by atoms with Crippen LogP contribution in [0.1, 0.15) is 56.1 Å². The van der Waals surface area contributed by atoms with Crippen LogP contribution in [0.3, 0.4) is 0 Å². The zero-order valence-corrected chi connectivity index (χ0v) is 17.1. The molecule has 0 bridgehead atoms. The van der Waals surface area contributed by atoms with E-state index in [0.717, 1.165) is 13.2 Å². The van der Waals surface area contributed by atoms with E-state index >= 15 is 0 Å². The van der Waals surface area contributed by atoms with Crippen molar-refractivity contribution in [3.05, 3.63) is 50.4 Å². The number of nitrogens with zero attached hydrogens (tertiary/aromatic N) is 1. The second-order valence-corrected chi connectivity index (χ2v) is 9.04. The molecule has 0 atom stereocenters. The first-order chi connectivity index (χ1) is 12.9. The van der Waals surface area contributed by atoms with Crippen LogP contribution in [-0.4, -0.2) is 37.2 Å². The third kappa shape index (κ3) is 4.66. The zero-order valence-electron chi connectivity index (χ0n) is 15.5. The number of hydrogen-bond donors (Lipinski definition) is 0. The highest BCUT2D eigenvalue weighted by atomic mass is 32.1. The summed E-state index contributed by atoms with van der Waals surface area (Å²) in [6, 6.07) is 4.55. The normalized spacial score (nSPS) is 19.8. The van der Waals surface area contributed by atoms with Crippen molar-refractivity contribution in [2.75, 3.05) is 26.2 Å². The molecule has 140 valence electrons. The molecule has 2 fully saturated rings. The highest BCUT2D eigenvalue weighted by Gasteiger charge is 2.20. The van der Waals surface area contributed by atoms with Gasteiger partial charge in [0.25, 0.3) is 0 Å². The fourth-order valence-electron chi connectivity index (χ4n) is 4.27. The molecule has 0 amide bonds. The Morgan fingerprint density at radius 2 is 1.62 bits per heavy atom. The van der Waals surface area contributed by atoms with Crippen LogP contribution < -0.4 is 0 Å². The first-order valence-electron chi connectivity index (χ1n) is 10.0. The van der Waals surface area contributed by atoms with Crippen molar-refractivity contribution in [2.45, 2.75) is 51.0 Å². The second-order valence-electron chi connectivity index (χ2n) is 7.48. The molecule has 0 radical (unpaired) electrons. The zero-order chi connectivity index (χ0) is 17.6. The largest absolute Gasteiger partial charge is 0.377 e. The molecule has 4 rings (SSSR count). The molecule has 0 unspecified atom stereocenters. The maximum absolute atomic E-state index is 6.13. The summed E-state index contributed by atoms with van der Waals surface area (Å²) in [5, 5.41) is 8.98. The van der Waals surface area contributed by atoms with E-state index in [1.54, 1.807) is 28.2 Å². The van der Waals surface area contributed by atoms with Gasteiger partial charge in [0.15, 0.2) is 0 Å². The van der Waals surface area contributed by atoms with E-state index in [9.17, 15) is 0 Å². The van der Waals surface area contributed by atoms with Crippen LogP contribution in [-0.2, 0) is 4.74 Å². The summed E-state index contributed by atoms with van der Waals surface area (Å²) in [4.78, 5) is 2.59. The summed E-state index contributed by atoms with van der Waals surface area (Å²) < 4.78 is 6.13. The molecular weight excluding hydrogens is 358 g/mol. The summed E-state index contributed by atoms with van der Waals surface area (Å²) >= 11 is 3.59. The molecular formula is C22H29NOS2. The number of piperidine rings is 1. The monoisotopic (exact) mass is 387 g/mol. The van der Waals surface area contributed by atoms with Crippen LogP contribution in [0.5, 0.6) is 0 Å². The van der Waals surface area contributed by atoms with Gasteiger partial charge in [-0.3, -0.25) is 0 Å². The average Bonchev–Trinajstić information content (AvgIpc) is 3.39. The molecule has 0 aromatic carbocycles. The van der Waals surface area contributed by atoms with Gasteiger partial charge in [0.1, 0.15) is 0 Å². The van der Waals surface area contributed by atoms with E-state index < -0.39 is 0 Å². The van der Waals surface area contributed by atoms with Crippen LogP contribution in [0.2, 0.25) is 0 Å². The van der Waals surface area contributed by atoms with Gasteiger partial charge in [-0.2, -0.15) is 22.7 Å². The summed E-state index contributed by atoms with van der Waals surface area (Å²) in [7, 11) is 0. The van der Waals surface area contributed by atoms with E-state index in [1.807, 2.05) is 0 Å². The van der Waals surface area contributed by atoms with Crippen LogP contribution in [0.4, 0.5) is 0 Å². The average molecular weight is 388 g/mol. The minimum absolute atomic E-state index is 0.535. The molecule has 2 aromatic rings. The van der Waals surface area contributed by atoms with E-state index in [-0.39, 0.29) is 0 Å². The number of likely N-dealkylation sites (tertiary alicyclic amines) is 1. The van der Waals surface area contributed by atoms with Crippen molar-refractivity contribution < 1.29 is 4.74 Å². The molecule has 1 aliphatic carbocycles. The second kappa shape index (κ2) is 9.32. The molecule has 4 heteroatoms. The maximum atomic E-state index is 6.13. The number of hydrogen-bond acceptors (Lipinski definition) is 4. The van der Waals surface area contributed by atoms with Crippen LogP contribution in [0.25, 0.3) is 5.57 Å². The van der Waals surface area contributed by atoms with Gasteiger partial charge in [-0.1, -0.05) is 24.8 Å². The van der Waals surface area contributed by atoms with Crippen molar-refractivity contribution in [1.29, 1.82) is 0 Å². The first-order valence-corrected chi connectivity index (χ1v) is 11.9. The SMILES string of the molecule is c1cc(C(=C2CCN(CCOC3CCCCC3)CC2)c2ccsc2)cs1. The first kappa shape index (κ1) is 18.4. The lowest BCUT2D eigenvalue weighted by Gasteiger charge is -2.30. The van der Waals surface area contributed by atoms with Gasteiger partial charge in [-0.15, -0.1) is 0 Å². The van der Waals surface area contributed by atoms with Crippen molar-refractivity contribution in [3.63, 3.8) is 0 Å².